The zero-order valence-corrected chi connectivity index (χ0v) is 18.6. The minimum absolute atomic E-state index is 0.0997. The van der Waals surface area contributed by atoms with Gasteiger partial charge in [-0.1, -0.05) is 24.3 Å². The van der Waals surface area contributed by atoms with E-state index in [1.54, 1.807) is 18.2 Å². The number of anilines is 1. The van der Waals surface area contributed by atoms with Gasteiger partial charge in [0.25, 0.3) is 0 Å². The first-order chi connectivity index (χ1) is 15.1. The van der Waals surface area contributed by atoms with Gasteiger partial charge in [-0.15, -0.1) is 0 Å². The predicted octanol–water partition coefficient (Wildman–Crippen LogP) is 2.19. The highest BCUT2D eigenvalue weighted by atomic mass is 32.2. The van der Waals surface area contributed by atoms with Crippen molar-refractivity contribution in [2.45, 2.75) is 23.8 Å². The Hall–Kier alpha value is -2.56. The smallest absolute Gasteiger partial charge is 0.246 e. The lowest BCUT2D eigenvalue weighted by Crippen LogP contribution is -2.54. The molecule has 162 valence electrons. The fraction of sp³-hybridized carbons (Fsp3) is 0.381. The largest absolute Gasteiger partial charge is 0.368 e. The number of piperazine rings is 1. The molecule has 3 aromatic rings. The van der Waals surface area contributed by atoms with Crippen LogP contribution in [0.3, 0.4) is 0 Å². The van der Waals surface area contributed by atoms with E-state index in [0.29, 0.717) is 43.5 Å². The topological polar surface area (TPSA) is 86.7 Å². The molecule has 0 N–H and O–H groups in total. The van der Waals surface area contributed by atoms with Crippen LogP contribution in [0.2, 0.25) is 0 Å². The van der Waals surface area contributed by atoms with E-state index in [2.05, 4.69) is 25.8 Å². The maximum atomic E-state index is 13.5. The first-order valence-electron chi connectivity index (χ1n) is 10.4. The molecule has 3 heterocycles. The Kier molecular flexibility index (Phi) is 5.37. The van der Waals surface area contributed by atoms with Gasteiger partial charge in [-0.25, -0.2) is 8.42 Å². The summed E-state index contributed by atoms with van der Waals surface area (Å²) >= 11 is 0.991. The highest BCUT2D eigenvalue weighted by molar-refractivity contribution is 7.89. The number of sulfonamides is 1. The molecule has 2 aliphatic rings. The number of fused-ring (bicyclic) bond motifs is 1. The number of carbonyl (C=O) groups is 1. The summed E-state index contributed by atoms with van der Waals surface area (Å²) in [7, 11) is -3.84. The third kappa shape index (κ3) is 3.68. The summed E-state index contributed by atoms with van der Waals surface area (Å²) in [6.07, 6.45) is 1.22. The van der Waals surface area contributed by atoms with Crippen LogP contribution in [0, 0.1) is 0 Å². The molecule has 0 radical (unpaired) electrons. The van der Waals surface area contributed by atoms with Crippen molar-refractivity contribution in [1.82, 2.24) is 18.0 Å². The predicted molar refractivity (Wildman–Crippen MR) is 120 cm³/mol. The third-order valence-corrected chi connectivity index (χ3v) is 8.52. The second-order valence-corrected chi connectivity index (χ2v) is 10.2. The molecule has 2 aromatic carbocycles. The second-order valence-electron chi connectivity index (χ2n) is 7.81. The number of hydrogen-bond donors (Lipinski definition) is 0. The number of para-hydroxylation sites is 1. The molecule has 1 amide bonds. The van der Waals surface area contributed by atoms with Gasteiger partial charge < -0.3 is 9.80 Å². The molecule has 2 saturated heterocycles. The van der Waals surface area contributed by atoms with E-state index in [9.17, 15) is 13.2 Å². The Labute approximate surface area is 185 Å². The van der Waals surface area contributed by atoms with Crippen molar-refractivity contribution < 1.29 is 13.2 Å². The molecule has 0 saturated carbocycles. The highest BCUT2D eigenvalue weighted by Gasteiger charge is 2.42. The normalized spacial score (nSPS) is 20.5. The summed E-state index contributed by atoms with van der Waals surface area (Å²) in [5.41, 5.74) is 2.08. The van der Waals surface area contributed by atoms with Crippen LogP contribution in [0.5, 0.6) is 0 Å². The van der Waals surface area contributed by atoms with Gasteiger partial charge in [0.05, 0.1) is 11.7 Å². The highest BCUT2D eigenvalue weighted by Crippen LogP contribution is 2.31. The van der Waals surface area contributed by atoms with Gasteiger partial charge in [0.2, 0.25) is 15.9 Å². The number of rotatable bonds is 4. The Morgan fingerprint density at radius 3 is 2.48 bits per heavy atom. The number of amides is 1. The Balaban J connectivity index is 1.33. The van der Waals surface area contributed by atoms with Crippen molar-refractivity contribution in [3.63, 3.8) is 0 Å². The summed E-state index contributed by atoms with van der Waals surface area (Å²) in [5.74, 6) is -0.0997. The average molecular weight is 458 g/mol. The lowest BCUT2D eigenvalue weighted by Gasteiger charge is -2.38. The summed E-state index contributed by atoms with van der Waals surface area (Å²) in [4.78, 5) is 17.5. The molecule has 8 nitrogen and oxygen atoms in total. The molecule has 10 heteroatoms. The standard InChI is InChI=1S/C21H23N5O3S2/c27-21(25-14-12-24(13-15-25)16-6-2-1-3-7-16)18-9-5-11-26(18)31(28,29)19-10-4-8-17-20(19)23-30-22-17/h1-4,6-8,10,18H,5,9,11-15H2/t18-/m1/s1. The van der Waals surface area contributed by atoms with Crippen molar-refractivity contribution in [3.05, 3.63) is 48.5 Å². The third-order valence-electron chi connectivity index (χ3n) is 6.04. The lowest BCUT2D eigenvalue weighted by molar-refractivity contribution is -0.134. The molecule has 2 aliphatic heterocycles. The first-order valence-corrected chi connectivity index (χ1v) is 12.5. The minimum atomic E-state index is -3.84. The number of benzene rings is 2. The zero-order valence-electron chi connectivity index (χ0n) is 16.9. The van der Waals surface area contributed by atoms with Crippen LogP contribution in [-0.4, -0.2) is 71.0 Å². The van der Waals surface area contributed by atoms with Gasteiger partial charge >= 0.3 is 0 Å². The number of hydrogen-bond acceptors (Lipinski definition) is 7. The van der Waals surface area contributed by atoms with Gasteiger partial charge in [0.1, 0.15) is 22.0 Å². The number of carbonyl (C=O) groups excluding carboxylic acids is 1. The Bertz CT molecular complexity index is 1190. The van der Waals surface area contributed by atoms with Crippen molar-refractivity contribution in [2.75, 3.05) is 37.6 Å². The maximum Gasteiger partial charge on any atom is 0.246 e. The van der Waals surface area contributed by atoms with Crippen LogP contribution >= 0.6 is 11.7 Å². The molecule has 1 aromatic heterocycles. The van der Waals surface area contributed by atoms with Crippen molar-refractivity contribution in [1.29, 1.82) is 0 Å². The Morgan fingerprint density at radius 2 is 1.71 bits per heavy atom. The van der Waals surface area contributed by atoms with Gasteiger partial charge in [-0.3, -0.25) is 4.79 Å². The summed E-state index contributed by atoms with van der Waals surface area (Å²) < 4.78 is 36.6. The summed E-state index contributed by atoms with van der Waals surface area (Å²) in [6, 6.07) is 14.4. The lowest BCUT2D eigenvalue weighted by atomic mass is 10.1. The molecular weight excluding hydrogens is 434 g/mol. The van der Waals surface area contributed by atoms with Gasteiger partial charge in [0, 0.05) is 38.4 Å². The van der Waals surface area contributed by atoms with Crippen LogP contribution in [0.15, 0.2) is 53.4 Å². The summed E-state index contributed by atoms with van der Waals surface area (Å²) in [5, 5.41) is 0. The van der Waals surface area contributed by atoms with E-state index in [1.807, 2.05) is 23.1 Å². The van der Waals surface area contributed by atoms with Crippen LogP contribution in [0.4, 0.5) is 5.69 Å². The van der Waals surface area contributed by atoms with Gasteiger partial charge in [-0.05, 0) is 37.1 Å². The van der Waals surface area contributed by atoms with Gasteiger partial charge in [0.15, 0.2) is 0 Å². The Morgan fingerprint density at radius 1 is 0.935 bits per heavy atom. The van der Waals surface area contributed by atoms with E-state index in [-0.39, 0.29) is 10.8 Å². The second kappa shape index (κ2) is 8.18. The molecule has 1 atom stereocenters. The fourth-order valence-electron chi connectivity index (χ4n) is 4.43. The van der Waals surface area contributed by atoms with Crippen molar-refractivity contribution >= 4 is 44.4 Å². The number of nitrogens with zero attached hydrogens (tertiary/aromatic N) is 5. The van der Waals surface area contributed by atoms with E-state index >= 15 is 0 Å². The van der Waals surface area contributed by atoms with Crippen LogP contribution in [0.1, 0.15) is 12.8 Å². The SMILES string of the molecule is O=C([C@H]1CCCN1S(=O)(=O)c1cccc2nsnc12)N1CCN(c2ccccc2)CC1. The van der Waals surface area contributed by atoms with E-state index in [1.165, 1.54) is 4.31 Å². The molecule has 2 fully saturated rings. The zero-order chi connectivity index (χ0) is 21.4. The molecule has 31 heavy (non-hydrogen) atoms. The van der Waals surface area contributed by atoms with Crippen LogP contribution in [0.25, 0.3) is 11.0 Å². The van der Waals surface area contributed by atoms with Crippen LogP contribution < -0.4 is 4.90 Å². The molecule has 5 rings (SSSR count). The van der Waals surface area contributed by atoms with E-state index < -0.39 is 16.1 Å². The van der Waals surface area contributed by atoms with Crippen molar-refractivity contribution in [3.8, 4) is 0 Å². The first kappa shape index (κ1) is 20.3. The monoisotopic (exact) mass is 457 g/mol. The molecule has 0 bridgehead atoms. The van der Waals surface area contributed by atoms with Crippen molar-refractivity contribution in [2.24, 2.45) is 0 Å². The fourth-order valence-corrected chi connectivity index (χ4v) is 6.83. The minimum Gasteiger partial charge on any atom is -0.368 e. The van der Waals surface area contributed by atoms with Crippen LogP contribution in [-0.2, 0) is 14.8 Å². The molecular formula is C21H23N5O3S2. The maximum absolute atomic E-state index is 13.5. The average Bonchev–Trinajstić information content (AvgIpc) is 3.49. The van der Waals surface area contributed by atoms with Gasteiger partial charge in [-0.2, -0.15) is 13.1 Å². The molecule has 0 aliphatic carbocycles. The molecule has 0 unspecified atom stereocenters. The van der Waals surface area contributed by atoms with E-state index in [4.69, 9.17) is 0 Å². The molecule has 0 spiro atoms. The van der Waals surface area contributed by atoms with E-state index in [0.717, 1.165) is 30.5 Å². The number of aromatic nitrogens is 2. The quantitative estimate of drug-likeness (QED) is 0.597. The summed E-state index contributed by atoms with van der Waals surface area (Å²) in [6.45, 7) is 2.99.